The fraction of sp³-hybridized carbons (Fsp3) is 0.154. The number of benzene rings is 3. The first-order valence-electron chi connectivity index (χ1n) is 10.4. The highest BCUT2D eigenvalue weighted by atomic mass is 35.5. The van der Waals surface area contributed by atoms with E-state index in [1.165, 1.54) is 11.8 Å². The lowest BCUT2D eigenvalue weighted by atomic mass is 10.1. The van der Waals surface area contributed by atoms with Crippen molar-refractivity contribution in [2.24, 2.45) is 4.99 Å². The topological polar surface area (TPSA) is 59.9 Å². The standard InChI is InChI=1S/C26H22Cl2N2O3S/c1-15-8-16(2)10-20(9-15)29-26-30-25(31)23(34-26)13-18-11-21(28)24(22(12-18)32-3)33-14-17-4-6-19(27)7-5-17/h4-13H,14H2,1-3H3,(H,29,30,31)/b23-13-. The third-order valence-corrected chi connectivity index (χ3v) is 6.38. The van der Waals surface area contributed by atoms with E-state index < -0.39 is 0 Å². The van der Waals surface area contributed by atoms with Crippen LogP contribution in [0.5, 0.6) is 11.5 Å². The summed E-state index contributed by atoms with van der Waals surface area (Å²) >= 11 is 13.7. The Kier molecular flexibility index (Phi) is 7.51. The van der Waals surface area contributed by atoms with E-state index in [0.29, 0.717) is 43.8 Å². The number of nitrogens with one attached hydrogen (secondary N) is 1. The lowest BCUT2D eigenvalue weighted by Crippen LogP contribution is -2.19. The summed E-state index contributed by atoms with van der Waals surface area (Å²) < 4.78 is 11.4. The average molecular weight is 513 g/mol. The Bertz CT molecular complexity index is 1280. The van der Waals surface area contributed by atoms with Gasteiger partial charge in [-0.3, -0.25) is 4.79 Å². The molecule has 0 bridgehead atoms. The van der Waals surface area contributed by atoms with Gasteiger partial charge < -0.3 is 14.8 Å². The number of amidine groups is 1. The molecule has 0 unspecified atom stereocenters. The highest BCUT2D eigenvalue weighted by Crippen LogP contribution is 2.38. The molecule has 8 heteroatoms. The van der Waals surface area contributed by atoms with Crippen molar-refractivity contribution in [2.45, 2.75) is 20.5 Å². The first kappa shape index (κ1) is 24.2. The van der Waals surface area contributed by atoms with E-state index in [0.717, 1.165) is 22.4 Å². The zero-order chi connectivity index (χ0) is 24.2. The Hall–Kier alpha value is -2.93. The maximum atomic E-state index is 12.5. The van der Waals surface area contributed by atoms with Gasteiger partial charge in [0.1, 0.15) is 6.61 Å². The minimum absolute atomic E-state index is 0.216. The highest BCUT2D eigenvalue weighted by molar-refractivity contribution is 8.18. The minimum Gasteiger partial charge on any atom is -0.493 e. The maximum absolute atomic E-state index is 12.5. The van der Waals surface area contributed by atoms with Gasteiger partial charge in [-0.2, -0.15) is 0 Å². The predicted octanol–water partition coefficient (Wildman–Crippen LogP) is 7.09. The van der Waals surface area contributed by atoms with Crippen LogP contribution in [0.4, 0.5) is 5.69 Å². The van der Waals surface area contributed by atoms with Crippen LogP contribution >= 0.6 is 35.0 Å². The molecule has 1 fully saturated rings. The molecule has 3 aromatic carbocycles. The van der Waals surface area contributed by atoms with Gasteiger partial charge in [0, 0.05) is 5.02 Å². The highest BCUT2D eigenvalue weighted by Gasteiger charge is 2.24. The maximum Gasteiger partial charge on any atom is 0.264 e. The van der Waals surface area contributed by atoms with Crippen LogP contribution < -0.4 is 14.8 Å². The van der Waals surface area contributed by atoms with Gasteiger partial charge in [-0.1, -0.05) is 41.4 Å². The van der Waals surface area contributed by atoms with Gasteiger partial charge in [0.15, 0.2) is 16.7 Å². The van der Waals surface area contributed by atoms with Crippen LogP contribution in [0.15, 0.2) is 64.5 Å². The molecule has 174 valence electrons. The first-order valence-corrected chi connectivity index (χ1v) is 12.0. The van der Waals surface area contributed by atoms with E-state index in [2.05, 4.69) is 16.4 Å². The molecule has 0 radical (unpaired) electrons. The number of carbonyl (C=O) groups is 1. The molecule has 1 saturated heterocycles. The third kappa shape index (κ3) is 5.95. The molecule has 0 aliphatic carbocycles. The predicted molar refractivity (Wildman–Crippen MR) is 141 cm³/mol. The molecule has 0 saturated carbocycles. The quantitative estimate of drug-likeness (QED) is 0.358. The molecule has 0 aromatic heterocycles. The molecule has 1 heterocycles. The van der Waals surface area contributed by atoms with Crippen molar-refractivity contribution in [2.75, 3.05) is 7.11 Å². The number of halogens is 2. The molecule has 1 aliphatic rings. The summed E-state index contributed by atoms with van der Waals surface area (Å²) in [6, 6.07) is 16.9. The van der Waals surface area contributed by atoms with Crippen molar-refractivity contribution in [1.29, 1.82) is 0 Å². The number of nitrogens with zero attached hydrogens (tertiary/aromatic N) is 1. The summed E-state index contributed by atoms with van der Waals surface area (Å²) in [6.07, 6.45) is 1.75. The fourth-order valence-electron chi connectivity index (χ4n) is 3.46. The second-order valence-corrected chi connectivity index (χ2v) is 9.65. The van der Waals surface area contributed by atoms with E-state index in [4.69, 9.17) is 32.7 Å². The number of methoxy groups -OCH3 is 1. The fourth-order valence-corrected chi connectivity index (χ4v) is 4.71. The van der Waals surface area contributed by atoms with Gasteiger partial charge in [0.2, 0.25) is 0 Å². The van der Waals surface area contributed by atoms with Crippen LogP contribution in [0.1, 0.15) is 22.3 Å². The van der Waals surface area contributed by atoms with E-state index in [1.54, 1.807) is 37.5 Å². The number of thioether (sulfide) groups is 1. The van der Waals surface area contributed by atoms with E-state index in [1.807, 2.05) is 38.1 Å². The summed E-state index contributed by atoms with van der Waals surface area (Å²) in [5.41, 5.74) is 4.69. The molecular formula is C26H22Cl2N2O3S. The number of aryl methyl sites for hydroxylation is 2. The Morgan fingerprint density at radius 2 is 1.74 bits per heavy atom. The number of carbonyl (C=O) groups excluding carboxylic acids is 1. The SMILES string of the molecule is COc1cc(/C=C2\SC(=Nc3cc(C)cc(C)c3)NC2=O)cc(Cl)c1OCc1ccc(Cl)cc1. The molecule has 0 spiro atoms. The Morgan fingerprint density at radius 1 is 1.03 bits per heavy atom. The number of ether oxygens (including phenoxy) is 2. The number of hydrogen-bond donors (Lipinski definition) is 1. The average Bonchev–Trinajstić information content (AvgIpc) is 3.11. The molecule has 1 aliphatic heterocycles. The molecule has 3 aromatic rings. The Morgan fingerprint density at radius 3 is 2.41 bits per heavy atom. The Labute approximate surface area is 212 Å². The normalized spacial score (nSPS) is 15.6. The van der Waals surface area contributed by atoms with Crippen molar-refractivity contribution in [1.82, 2.24) is 5.32 Å². The number of rotatable bonds is 6. The number of amides is 1. The summed E-state index contributed by atoms with van der Waals surface area (Å²) in [4.78, 5) is 17.6. The van der Waals surface area contributed by atoms with Crippen molar-refractivity contribution in [3.63, 3.8) is 0 Å². The van der Waals surface area contributed by atoms with E-state index >= 15 is 0 Å². The second-order valence-electron chi connectivity index (χ2n) is 7.78. The van der Waals surface area contributed by atoms with Crippen molar-refractivity contribution >= 4 is 57.8 Å². The lowest BCUT2D eigenvalue weighted by molar-refractivity contribution is -0.115. The molecule has 1 amide bonds. The van der Waals surface area contributed by atoms with Crippen LogP contribution in [0.3, 0.4) is 0 Å². The zero-order valence-electron chi connectivity index (χ0n) is 18.8. The van der Waals surface area contributed by atoms with E-state index in [-0.39, 0.29) is 5.91 Å². The summed E-state index contributed by atoms with van der Waals surface area (Å²) in [5.74, 6) is 0.689. The monoisotopic (exact) mass is 512 g/mol. The molecule has 0 atom stereocenters. The second kappa shape index (κ2) is 10.6. The van der Waals surface area contributed by atoms with Crippen LogP contribution in [0.2, 0.25) is 10.0 Å². The number of aliphatic imine (C=N–C) groups is 1. The Balaban J connectivity index is 1.54. The third-order valence-electron chi connectivity index (χ3n) is 4.93. The molecule has 1 N–H and O–H groups in total. The smallest absolute Gasteiger partial charge is 0.264 e. The van der Waals surface area contributed by atoms with Crippen molar-refractivity contribution < 1.29 is 14.3 Å². The summed E-state index contributed by atoms with van der Waals surface area (Å²) in [5, 5.41) is 4.39. The van der Waals surface area contributed by atoms with Crippen LogP contribution in [0, 0.1) is 13.8 Å². The molecule has 5 nitrogen and oxygen atoms in total. The van der Waals surface area contributed by atoms with Gasteiger partial charge in [-0.25, -0.2) is 4.99 Å². The van der Waals surface area contributed by atoms with Crippen molar-refractivity contribution in [3.05, 3.63) is 91.8 Å². The van der Waals surface area contributed by atoms with Crippen molar-refractivity contribution in [3.8, 4) is 11.5 Å². The van der Waals surface area contributed by atoms with Gasteiger partial charge in [-0.05, 0) is 90.3 Å². The number of hydrogen-bond acceptors (Lipinski definition) is 5. The lowest BCUT2D eigenvalue weighted by Gasteiger charge is -2.13. The van der Waals surface area contributed by atoms with Crippen LogP contribution in [0.25, 0.3) is 6.08 Å². The molecule has 34 heavy (non-hydrogen) atoms. The zero-order valence-corrected chi connectivity index (χ0v) is 21.1. The molecule has 4 rings (SSSR count). The van der Waals surface area contributed by atoms with Gasteiger partial charge in [-0.15, -0.1) is 0 Å². The van der Waals surface area contributed by atoms with Gasteiger partial charge >= 0.3 is 0 Å². The van der Waals surface area contributed by atoms with Gasteiger partial charge in [0.05, 0.1) is 22.7 Å². The minimum atomic E-state index is -0.216. The van der Waals surface area contributed by atoms with Gasteiger partial charge in [0.25, 0.3) is 5.91 Å². The summed E-state index contributed by atoms with van der Waals surface area (Å²) in [6.45, 7) is 4.34. The first-order chi connectivity index (χ1) is 16.3. The molecular weight excluding hydrogens is 491 g/mol. The largest absolute Gasteiger partial charge is 0.493 e. The van der Waals surface area contributed by atoms with E-state index in [9.17, 15) is 4.79 Å². The summed E-state index contributed by atoms with van der Waals surface area (Å²) in [7, 11) is 1.55. The van der Waals surface area contributed by atoms with Crippen LogP contribution in [-0.2, 0) is 11.4 Å². The van der Waals surface area contributed by atoms with Crippen LogP contribution in [-0.4, -0.2) is 18.2 Å².